The van der Waals surface area contributed by atoms with Gasteiger partial charge >= 0.3 is 0 Å². The van der Waals surface area contributed by atoms with Crippen molar-refractivity contribution in [2.24, 2.45) is 0 Å². The van der Waals surface area contributed by atoms with Gasteiger partial charge in [-0.3, -0.25) is 19.4 Å². The number of hydrogen-bond donors (Lipinski definition) is 0. The average Bonchev–Trinajstić information content (AvgIpc) is 2.64. The zero-order valence-electron chi connectivity index (χ0n) is 15.2. The zero-order chi connectivity index (χ0) is 17.4. The van der Waals surface area contributed by atoms with Crippen molar-refractivity contribution < 1.29 is 9.59 Å². The summed E-state index contributed by atoms with van der Waals surface area (Å²) in [7, 11) is 0. The number of carbonyl (C=O) groups is 2. The third kappa shape index (κ3) is 5.60. The topological polar surface area (TPSA) is 47.1 Å². The summed E-state index contributed by atoms with van der Waals surface area (Å²) in [6, 6.07) is 0. The van der Waals surface area contributed by atoms with Gasteiger partial charge in [-0.15, -0.1) is 0 Å². The molecular formula is C18H32N4O2. The van der Waals surface area contributed by atoms with Gasteiger partial charge in [0.15, 0.2) is 0 Å². The summed E-state index contributed by atoms with van der Waals surface area (Å²) in [5.74, 6) is 0.496. The largest absolute Gasteiger partial charge is 0.330 e. The molecule has 0 atom stereocenters. The number of nitrogens with zero attached hydrogens (tertiary/aromatic N) is 4. The third-order valence-corrected chi connectivity index (χ3v) is 4.75. The van der Waals surface area contributed by atoms with E-state index in [2.05, 4.69) is 22.0 Å². The van der Waals surface area contributed by atoms with Crippen molar-refractivity contribution in [3.8, 4) is 0 Å². The number of amides is 2. The average molecular weight is 336 g/mol. The lowest BCUT2D eigenvalue weighted by atomic mass is 10.2. The summed E-state index contributed by atoms with van der Waals surface area (Å²) in [4.78, 5) is 32.1. The van der Waals surface area contributed by atoms with Crippen LogP contribution in [0, 0.1) is 0 Å². The van der Waals surface area contributed by atoms with E-state index in [9.17, 15) is 9.59 Å². The van der Waals surface area contributed by atoms with Gasteiger partial charge in [0, 0.05) is 52.1 Å². The Balaban J connectivity index is 1.70. The molecule has 2 aliphatic rings. The van der Waals surface area contributed by atoms with Crippen LogP contribution in [0.4, 0.5) is 0 Å². The maximum Gasteiger partial charge on any atom is 0.223 e. The van der Waals surface area contributed by atoms with E-state index in [1.807, 2.05) is 23.6 Å². The van der Waals surface area contributed by atoms with Crippen LogP contribution in [-0.2, 0) is 9.59 Å². The molecule has 0 bridgehead atoms. The number of carbonyl (C=O) groups excluding carboxylic acids is 2. The second kappa shape index (κ2) is 9.79. The number of rotatable bonds is 6. The molecule has 6 heteroatoms. The molecule has 24 heavy (non-hydrogen) atoms. The van der Waals surface area contributed by atoms with Gasteiger partial charge in [-0.25, -0.2) is 0 Å². The summed E-state index contributed by atoms with van der Waals surface area (Å²) in [6.07, 6.45) is 7.68. The van der Waals surface area contributed by atoms with E-state index in [4.69, 9.17) is 0 Å². The first kappa shape index (κ1) is 18.9. The van der Waals surface area contributed by atoms with Crippen molar-refractivity contribution >= 4 is 11.8 Å². The zero-order valence-corrected chi connectivity index (χ0v) is 15.2. The fraction of sp³-hybridized carbons (Fsp3) is 0.778. The van der Waals surface area contributed by atoms with Gasteiger partial charge in [0.2, 0.25) is 11.8 Å². The molecule has 2 rings (SSSR count). The lowest BCUT2D eigenvalue weighted by Gasteiger charge is -2.35. The SMILES string of the molecule is CCC(=O)N1CCCN(CC=CCN2CCCN(C(=O)CC)C2)C1. The highest BCUT2D eigenvalue weighted by Crippen LogP contribution is 2.09. The molecule has 0 aromatic carbocycles. The molecule has 0 saturated carbocycles. The standard InChI is InChI=1S/C18H32N4O2/c1-3-17(23)21-13-7-11-19(15-21)9-5-6-10-20-12-8-14-22(16-20)18(24)4-2/h5-6H,3-4,7-16H2,1-2H3. The van der Waals surface area contributed by atoms with Gasteiger partial charge in [0.05, 0.1) is 13.3 Å². The van der Waals surface area contributed by atoms with Crippen LogP contribution in [0.1, 0.15) is 39.5 Å². The Morgan fingerprint density at radius 3 is 1.54 bits per heavy atom. The normalized spacial score (nSPS) is 20.8. The Hall–Kier alpha value is -1.40. The maximum absolute atomic E-state index is 11.8. The molecule has 0 aromatic heterocycles. The third-order valence-electron chi connectivity index (χ3n) is 4.75. The van der Waals surface area contributed by atoms with Crippen molar-refractivity contribution in [2.75, 3.05) is 52.6 Å². The predicted octanol–water partition coefficient (Wildman–Crippen LogP) is 1.35. The predicted molar refractivity (Wildman–Crippen MR) is 95.3 cm³/mol. The van der Waals surface area contributed by atoms with Crippen LogP contribution in [0.25, 0.3) is 0 Å². The molecule has 2 heterocycles. The van der Waals surface area contributed by atoms with Crippen molar-refractivity contribution in [2.45, 2.75) is 39.5 Å². The van der Waals surface area contributed by atoms with E-state index < -0.39 is 0 Å². The van der Waals surface area contributed by atoms with Crippen LogP contribution in [0.5, 0.6) is 0 Å². The Bertz CT molecular complexity index is 412. The van der Waals surface area contributed by atoms with Crippen LogP contribution >= 0.6 is 0 Å². The fourth-order valence-electron chi connectivity index (χ4n) is 3.34. The molecule has 0 radical (unpaired) electrons. The minimum Gasteiger partial charge on any atom is -0.330 e. The van der Waals surface area contributed by atoms with Crippen LogP contribution in [0.15, 0.2) is 12.2 Å². The fourth-order valence-corrected chi connectivity index (χ4v) is 3.34. The van der Waals surface area contributed by atoms with E-state index in [0.29, 0.717) is 12.8 Å². The molecule has 0 aliphatic carbocycles. The van der Waals surface area contributed by atoms with Gasteiger partial charge in [-0.2, -0.15) is 0 Å². The van der Waals surface area contributed by atoms with Gasteiger partial charge < -0.3 is 9.80 Å². The lowest BCUT2D eigenvalue weighted by molar-refractivity contribution is -0.135. The molecule has 2 fully saturated rings. The second-order valence-corrected chi connectivity index (χ2v) is 6.64. The summed E-state index contributed by atoms with van der Waals surface area (Å²) in [5.41, 5.74) is 0. The first-order chi connectivity index (χ1) is 11.6. The number of hydrogen-bond acceptors (Lipinski definition) is 4. The summed E-state index contributed by atoms with van der Waals surface area (Å²) < 4.78 is 0. The van der Waals surface area contributed by atoms with Crippen molar-refractivity contribution in [1.82, 2.24) is 19.6 Å². The highest BCUT2D eigenvalue weighted by Gasteiger charge is 2.20. The van der Waals surface area contributed by atoms with Crippen LogP contribution in [0.3, 0.4) is 0 Å². The Labute approximate surface area is 146 Å². The molecule has 0 spiro atoms. The van der Waals surface area contributed by atoms with Gasteiger partial charge in [-0.1, -0.05) is 26.0 Å². The molecule has 0 unspecified atom stereocenters. The summed E-state index contributed by atoms with van der Waals surface area (Å²) >= 11 is 0. The monoisotopic (exact) mass is 336 g/mol. The van der Waals surface area contributed by atoms with E-state index in [-0.39, 0.29) is 11.8 Å². The highest BCUT2D eigenvalue weighted by atomic mass is 16.2. The molecule has 6 nitrogen and oxygen atoms in total. The van der Waals surface area contributed by atoms with E-state index >= 15 is 0 Å². The van der Waals surface area contributed by atoms with Gasteiger partial charge in [-0.05, 0) is 12.8 Å². The van der Waals surface area contributed by atoms with Crippen LogP contribution in [-0.4, -0.2) is 84.0 Å². The van der Waals surface area contributed by atoms with Crippen molar-refractivity contribution in [3.63, 3.8) is 0 Å². The first-order valence-corrected chi connectivity index (χ1v) is 9.29. The summed E-state index contributed by atoms with van der Waals surface area (Å²) in [6.45, 7) is 11.0. The maximum atomic E-state index is 11.8. The second-order valence-electron chi connectivity index (χ2n) is 6.64. The van der Waals surface area contributed by atoms with Crippen LogP contribution < -0.4 is 0 Å². The smallest absolute Gasteiger partial charge is 0.223 e. The molecule has 2 aliphatic heterocycles. The van der Waals surface area contributed by atoms with E-state index in [0.717, 1.165) is 65.4 Å². The summed E-state index contributed by atoms with van der Waals surface area (Å²) in [5, 5.41) is 0. The minimum atomic E-state index is 0.248. The Morgan fingerprint density at radius 1 is 0.750 bits per heavy atom. The van der Waals surface area contributed by atoms with E-state index in [1.165, 1.54) is 0 Å². The molecule has 2 saturated heterocycles. The quantitative estimate of drug-likeness (QED) is 0.687. The molecular weight excluding hydrogens is 304 g/mol. The molecule has 0 N–H and O–H groups in total. The lowest BCUT2D eigenvalue weighted by Crippen LogP contribution is -2.47. The highest BCUT2D eigenvalue weighted by molar-refractivity contribution is 5.76. The molecule has 136 valence electrons. The van der Waals surface area contributed by atoms with Gasteiger partial charge in [0.1, 0.15) is 0 Å². The van der Waals surface area contributed by atoms with E-state index in [1.54, 1.807) is 0 Å². The van der Waals surface area contributed by atoms with Crippen LogP contribution in [0.2, 0.25) is 0 Å². The molecule has 2 amide bonds. The van der Waals surface area contributed by atoms with Crippen molar-refractivity contribution in [1.29, 1.82) is 0 Å². The van der Waals surface area contributed by atoms with Gasteiger partial charge in [0.25, 0.3) is 0 Å². The minimum absolute atomic E-state index is 0.248. The first-order valence-electron chi connectivity index (χ1n) is 9.29. The molecule has 0 aromatic rings. The van der Waals surface area contributed by atoms with Crippen molar-refractivity contribution in [3.05, 3.63) is 12.2 Å². The Kier molecular flexibility index (Phi) is 7.72. The Morgan fingerprint density at radius 2 is 1.17 bits per heavy atom.